The van der Waals surface area contributed by atoms with Crippen LogP contribution in [0, 0.1) is 0 Å². The van der Waals surface area contributed by atoms with Gasteiger partial charge in [0.05, 0.1) is 35.7 Å². The van der Waals surface area contributed by atoms with E-state index in [0.717, 1.165) is 0 Å². The number of esters is 1. The van der Waals surface area contributed by atoms with Crippen LogP contribution in [-0.2, 0) is 9.47 Å². The second-order valence-electron chi connectivity index (χ2n) is 7.63. The summed E-state index contributed by atoms with van der Waals surface area (Å²) in [6.07, 6.45) is 1.41. The molecule has 10 heteroatoms. The van der Waals surface area contributed by atoms with Crippen LogP contribution in [0.4, 0.5) is 15.3 Å². The highest BCUT2D eigenvalue weighted by Crippen LogP contribution is 2.33. The van der Waals surface area contributed by atoms with E-state index in [1.54, 1.807) is 50.2 Å². The van der Waals surface area contributed by atoms with Crippen LogP contribution in [0.1, 0.15) is 24.2 Å². The molecular weight excluding hydrogens is 478 g/mol. The Morgan fingerprint density at radius 3 is 2.46 bits per heavy atom. The van der Waals surface area contributed by atoms with Gasteiger partial charge >= 0.3 is 18.2 Å². The van der Waals surface area contributed by atoms with E-state index in [1.165, 1.54) is 41.2 Å². The van der Waals surface area contributed by atoms with E-state index in [4.69, 9.17) is 14.2 Å². The van der Waals surface area contributed by atoms with Crippen LogP contribution in [-0.4, -0.2) is 40.9 Å². The first kappa shape index (κ1) is 25.1. The van der Waals surface area contributed by atoms with Gasteiger partial charge in [-0.05, 0) is 50.2 Å². The summed E-state index contributed by atoms with van der Waals surface area (Å²) in [4.78, 5) is 54.8. The smallest absolute Gasteiger partial charge is 0.418 e. The minimum atomic E-state index is -0.773. The van der Waals surface area contributed by atoms with Crippen molar-refractivity contribution in [1.82, 2.24) is 9.55 Å². The molecule has 2 aromatic heterocycles. The second-order valence-corrected chi connectivity index (χ2v) is 7.63. The molecule has 1 N–H and O–H groups in total. The van der Waals surface area contributed by atoms with Gasteiger partial charge in [-0.1, -0.05) is 12.1 Å². The molecule has 0 fully saturated rings. The molecule has 0 bridgehead atoms. The predicted octanol–water partition coefficient (Wildman–Crippen LogP) is 4.86. The summed E-state index contributed by atoms with van der Waals surface area (Å²) in [7, 11) is 0. The van der Waals surface area contributed by atoms with E-state index in [-0.39, 0.29) is 41.3 Å². The third kappa shape index (κ3) is 5.48. The van der Waals surface area contributed by atoms with Crippen molar-refractivity contribution in [3.63, 3.8) is 0 Å². The number of pyridine rings is 2. The molecule has 0 aliphatic heterocycles. The van der Waals surface area contributed by atoms with Crippen LogP contribution in [0.5, 0.6) is 5.75 Å². The maximum atomic E-state index is 13.0. The normalized spacial score (nSPS) is 10.5. The monoisotopic (exact) mass is 501 g/mol. The summed E-state index contributed by atoms with van der Waals surface area (Å²) in [5.74, 6) is -0.549. The fraction of sp³-hybridized carbons (Fsp3) is 0.148. The third-order valence-electron chi connectivity index (χ3n) is 5.26. The lowest BCUT2D eigenvalue weighted by molar-refractivity contribution is 0.0734. The first-order valence-electron chi connectivity index (χ1n) is 11.4. The molecule has 0 unspecified atom stereocenters. The summed E-state index contributed by atoms with van der Waals surface area (Å²) in [6.45, 7) is 3.53. The lowest BCUT2D eigenvalue weighted by Crippen LogP contribution is -2.21. The molecule has 2 heterocycles. The Hall–Kier alpha value is -4.99. The highest BCUT2D eigenvalue weighted by atomic mass is 16.6. The maximum Gasteiger partial charge on any atom is 0.418 e. The molecule has 0 saturated heterocycles. The molecule has 4 aromatic rings. The van der Waals surface area contributed by atoms with Gasteiger partial charge in [-0.15, -0.1) is 0 Å². The average Bonchev–Trinajstić information content (AvgIpc) is 2.89. The van der Waals surface area contributed by atoms with Crippen molar-refractivity contribution >= 4 is 34.7 Å². The summed E-state index contributed by atoms with van der Waals surface area (Å²) >= 11 is 0. The van der Waals surface area contributed by atoms with E-state index in [1.807, 2.05) is 0 Å². The van der Waals surface area contributed by atoms with Gasteiger partial charge in [0.1, 0.15) is 5.75 Å². The van der Waals surface area contributed by atoms with Gasteiger partial charge in [0.15, 0.2) is 5.43 Å². The van der Waals surface area contributed by atoms with E-state index >= 15 is 0 Å². The zero-order valence-corrected chi connectivity index (χ0v) is 20.1. The Balaban J connectivity index is 1.87. The number of carbonyl (C=O) groups excluding carboxylic acids is 3. The zero-order chi connectivity index (χ0) is 26.4. The Bertz CT molecular complexity index is 1530. The summed E-state index contributed by atoms with van der Waals surface area (Å²) < 4.78 is 17.0. The van der Waals surface area contributed by atoms with Crippen LogP contribution in [0.2, 0.25) is 0 Å². The Kier molecular flexibility index (Phi) is 7.58. The Morgan fingerprint density at radius 1 is 0.946 bits per heavy atom. The number of ether oxygens (including phenoxy) is 3. The largest absolute Gasteiger partial charge is 0.450 e. The van der Waals surface area contributed by atoms with E-state index in [0.29, 0.717) is 16.5 Å². The van der Waals surface area contributed by atoms with Crippen molar-refractivity contribution in [2.75, 3.05) is 18.5 Å². The number of hydrogen-bond donors (Lipinski definition) is 1. The molecular formula is C27H23N3O7. The van der Waals surface area contributed by atoms with Crippen molar-refractivity contribution in [3.05, 3.63) is 88.8 Å². The van der Waals surface area contributed by atoms with Crippen LogP contribution < -0.4 is 15.5 Å². The van der Waals surface area contributed by atoms with Crippen LogP contribution in [0.15, 0.2) is 77.9 Å². The number of nitrogens with one attached hydrogen (secondary N) is 1. The van der Waals surface area contributed by atoms with Crippen LogP contribution in [0.25, 0.3) is 22.2 Å². The minimum Gasteiger partial charge on any atom is -0.450 e. The van der Waals surface area contributed by atoms with Crippen LogP contribution in [0.3, 0.4) is 0 Å². The number of aromatic nitrogens is 2. The summed E-state index contributed by atoms with van der Waals surface area (Å²) in [5, 5.41) is 2.92. The Labute approximate surface area is 211 Å². The number of para-hydroxylation sites is 1. The number of anilines is 1. The molecule has 0 aliphatic rings. The van der Waals surface area contributed by atoms with Gasteiger partial charge in [0.25, 0.3) is 0 Å². The predicted molar refractivity (Wildman–Crippen MR) is 136 cm³/mol. The highest BCUT2D eigenvalue weighted by molar-refractivity contribution is 5.97. The van der Waals surface area contributed by atoms with Crippen molar-refractivity contribution in [2.24, 2.45) is 0 Å². The number of amides is 1. The first-order valence-corrected chi connectivity index (χ1v) is 11.4. The summed E-state index contributed by atoms with van der Waals surface area (Å²) in [6, 6.07) is 15.5. The standard InChI is InChI=1S/C27H23N3O7/c1-3-35-26(33)29-21-14-18(37-25(32)17-8-7-13-28-16-17)11-12-19(21)23-15-24(31)20-9-5-6-10-22(20)30(23)27(34)36-4-2/h5-16H,3-4H2,1-2H3,(H,29,33). The molecule has 0 aliphatic carbocycles. The van der Waals surface area contributed by atoms with E-state index in [2.05, 4.69) is 10.3 Å². The maximum absolute atomic E-state index is 13.0. The Morgan fingerprint density at radius 2 is 1.73 bits per heavy atom. The van der Waals surface area contributed by atoms with Gasteiger partial charge in [-0.3, -0.25) is 15.1 Å². The zero-order valence-electron chi connectivity index (χ0n) is 20.1. The quantitative estimate of drug-likeness (QED) is 0.293. The molecule has 0 atom stereocenters. The number of hydrogen-bond acceptors (Lipinski definition) is 8. The van der Waals surface area contributed by atoms with Gasteiger partial charge in [0, 0.05) is 35.5 Å². The molecule has 2 aromatic carbocycles. The topological polar surface area (TPSA) is 126 Å². The molecule has 1 amide bonds. The highest BCUT2D eigenvalue weighted by Gasteiger charge is 2.21. The fourth-order valence-corrected chi connectivity index (χ4v) is 3.70. The fourth-order valence-electron chi connectivity index (χ4n) is 3.70. The van der Waals surface area contributed by atoms with E-state index < -0.39 is 18.2 Å². The lowest BCUT2D eigenvalue weighted by Gasteiger charge is -2.18. The van der Waals surface area contributed by atoms with Gasteiger partial charge in [-0.2, -0.15) is 0 Å². The average molecular weight is 501 g/mol. The van der Waals surface area contributed by atoms with Crippen LogP contribution >= 0.6 is 0 Å². The van der Waals surface area contributed by atoms with Gasteiger partial charge in [-0.25, -0.2) is 19.0 Å². The molecule has 0 saturated carbocycles. The van der Waals surface area contributed by atoms with Gasteiger partial charge < -0.3 is 14.2 Å². The van der Waals surface area contributed by atoms with Crippen molar-refractivity contribution in [2.45, 2.75) is 13.8 Å². The SMILES string of the molecule is CCOC(=O)Nc1cc(OC(=O)c2cccnc2)ccc1-c1cc(=O)c2ccccc2n1C(=O)OCC. The minimum absolute atomic E-state index is 0.107. The number of nitrogens with zero attached hydrogens (tertiary/aromatic N) is 2. The number of benzene rings is 2. The number of rotatable bonds is 6. The molecule has 0 spiro atoms. The molecule has 188 valence electrons. The van der Waals surface area contributed by atoms with E-state index in [9.17, 15) is 19.2 Å². The van der Waals surface area contributed by atoms with Crippen molar-refractivity contribution in [1.29, 1.82) is 0 Å². The first-order chi connectivity index (χ1) is 17.9. The second kappa shape index (κ2) is 11.2. The number of carbonyl (C=O) groups is 3. The number of fused-ring (bicyclic) bond motifs is 1. The molecule has 4 rings (SSSR count). The van der Waals surface area contributed by atoms with Gasteiger partial charge in [0.2, 0.25) is 0 Å². The van der Waals surface area contributed by atoms with Crippen molar-refractivity contribution < 1.29 is 28.6 Å². The summed E-state index contributed by atoms with van der Waals surface area (Å²) in [5.41, 5.74) is 0.835. The third-order valence-corrected chi connectivity index (χ3v) is 5.26. The van der Waals surface area contributed by atoms with Crippen molar-refractivity contribution in [3.8, 4) is 17.0 Å². The molecule has 10 nitrogen and oxygen atoms in total. The molecule has 0 radical (unpaired) electrons. The lowest BCUT2D eigenvalue weighted by atomic mass is 10.1. The molecule has 37 heavy (non-hydrogen) atoms.